The standard InChI is InChI=1S/C16H23BrClN3/c17-13-1-2-16(18)12(9-13)10-20-6-5-15(11-20)21-7-3-14(19)4-8-21/h1-2,9,14-15H,3-8,10-11,19H2. The lowest BCUT2D eigenvalue weighted by atomic mass is 10.0. The van der Waals surface area contributed by atoms with Crippen LogP contribution in [0.2, 0.25) is 5.02 Å². The summed E-state index contributed by atoms with van der Waals surface area (Å²) in [5, 5.41) is 0.866. The third-order valence-electron chi connectivity index (χ3n) is 4.74. The van der Waals surface area contributed by atoms with Crippen LogP contribution in [-0.2, 0) is 6.54 Å². The number of hydrogen-bond donors (Lipinski definition) is 1. The maximum absolute atomic E-state index is 6.30. The lowest BCUT2D eigenvalue weighted by Crippen LogP contribution is -2.46. The van der Waals surface area contributed by atoms with Crippen LogP contribution in [-0.4, -0.2) is 48.1 Å². The van der Waals surface area contributed by atoms with E-state index in [1.165, 1.54) is 12.0 Å². The van der Waals surface area contributed by atoms with Gasteiger partial charge in [0.05, 0.1) is 0 Å². The predicted octanol–water partition coefficient (Wildman–Crippen LogP) is 3.10. The van der Waals surface area contributed by atoms with Gasteiger partial charge in [0.2, 0.25) is 0 Å². The number of likely N-dealkylation sites (tertiary alicyclic amines) is 2. The smallest absolute Gasteiger partial charge is 0.0451 e. The SMILES string of the molecule is NC1CCN(C2CCN(Cc3cc(Br)ccc3Cl)C2)CC1. The van der Waals surface area contributed by atoms with Gasteiger partial charge in [0.25, 0.3) is 0 Å². The monoisotopic (exact) mass is 371 g/mol. The van der Waals surface area contributed by atoms with Gasteiger partial charge in [0.1, 0.15) is 0 Å². The molecule has 1 aromatic carbocycles. The molecule has 21 heavy (non-hydrogen) atoms. The molecule has 2 aliphatic heterocycles. The van der Waals surface area contributed by atoms with Crippen molar-refractivity contribution in [2.24, 2.45) is 5.73 Å². The molecule has 0 aliphatic carbocycles. The van der Waals surface area contributed by atoms with E-state index < -0.39 is 0 Å². The molecule has 0 amide bonds. The zero-order chi connectivity index (χ0) is 14.8. The molecular weight excluding hydrogens is 350 g/mol. The highest BCUT2D eigenvalue weighted by molar-refractivity contribution is 9.10. The molecule has 2 aliphatic rings. The van der Waals surface area contributed by atoms with Gasteiger partial charge >= 0.3 is 0 Å². The first-order valence-electron chi connectivity index (χ1n) is 7.78. The summed E-state index contributed by atoms with van der Waals surface area (Å²) in [6.45, 7) is 5.59. The van der Waals surface area contributed by atoms with Crippen LogP contribution < -0.4 is 5.73 Å². The molecule has 1 aromatic rings. The van der Waals surface area contributed by atoms with E-state index in [-0.39, 0.29) is 0 Å². The first kappa shape index (κ1) is 15.8. The highest BCUT2D eigenvalue weighted by atomic mass is 79.9. The van der Waals surface area contributed by atoms with Crippen LogP contribution in [0.25, 0.3) is 0 Å². The Morgan fingerprint density at radius 2 is 1.95 bits per heavy atom. The van der Waals surface area contributed by atoms with Crippen molar-refractivity contribution in [1.82, 2.24) is 9.80 Å². The maximum atomic E-state index is 6.30. The van der Waals surface area contributed by atoms with Crippen LogP contribution in [0.15, 0.2) is 22.7 Å². The fraction of sp³-hybridized carbons (Fsp3) is 0.625. The van der Waals surface area contributed by atoms with E-state index in [2.05, 4.69) is 31.8 Å². The quantitative estimate of drug-likeness (QED) is 0.885. The Hall–Kier alpha value is -0.130. The summed E-state index contributed by atoms with van der Waals surface area (Å²) in [5.41, 5.74) is 7.21. The molecule has 5 heteroatoms. The molecule has 2 saturated heterocycles. The largest absolute Gasteiger partial charge is 0.328 e. The van der Waals surface area contributed by atoms with Gasteiger partial charge in [-0.05, 0) is 56.1 Å². The lowest BCUT2D eigenvalue weighted by Gasteiger charge is -2.34. The van der Waals surface area contributed by atoms with Gasteiger partial charge in [0.15, 0.2) is 0 Å². The van der Waals surface area contributed by atoms with Gasteiger partial charge in [-0.2, -0.15) is 0 Å². The fourth-order valence-corrected chi connectivity index (χ4v) is 4.03. The van der Waals surface area contributed by atoms with Crippen LogP contribution in [0.4, 0.5) is 0 Å². The summed E-state index contributed by atoms with van der Waals surface area (Å²) in [6.07, 6.45) is 3.56. The minimum Gasteiger partial charge on any atom is -0.328 e. The summed E-state index contributed by atoms with van der Waals surface area (Å²) >= 11 is 9.83. The molecule has 2 fully saturated rings. The Morgan fingerprint density at radius 1 is 1.19 bits per heavy atom. The van der Waals surface area contributed by atoms with Gasteiger partial charge in [-0.25, -0.2) is 0 Å². The Balaban J connectivity index is 1.56. The van der Waals surface area contributed by atoms with Crippen molar-refractivity contribution < 1.29 is 0 Å². The number of nitrogens with two attached hydrogens (primary N) is 1. The van der Waals surface area contributed by atoms with Gasteiger partial charge < -0.3 is 5.73 Å². The molecule has 2 heterocycles. The van der Waals surface area contributed by atoms with Gasteiger partial charge in [-0.15, -0.1) is 0 Å². The molecule has 0 aromatic heterocycles. The molecule has 2 N–H and O–H groups in total. The second-order valence-corrected chi connectivity index (χ2v) is 7.61. The summed E-state index contributed by atoms with van der Waals surface area (Å²) in [5.74, 6) is 0. The first-order valence-corrected chi connectivity index (χ1v) is 8.95. The predicted molar refractivity (Wildman–Crippen MR) is 91.6 cm³/mol. The van der Waals surface area contributed by atoms with Crippen molar-refractivity contribution in [3.63, 3.8) is 0 Å². The highest BCUT2D eigenvalue weighted by Gasteiger charge is 2.29. The van der Waals surface area contributed by atoms with Crippen LogP contribution in [0.1, 0.15) is 24.8 Å². The molecule has 1 unspecified atom stereocenters. The number of rotatable bonds is 3. The summed E-state index contributed by atoms with van der Waals surface area (Å²) in [7, 11) is 0. The van der Waals surface area contributed by atoms with Crippen LogP contribution >= 0.6 is 27.5 Å². The summed E-state index contributed by atoms with van der Waals surface area (Å²) < 4.78 is 1.10. The number of hydrogen-bond acceptors (Lipinski definition) is 3. The van der Waals surface area contributed by atoms with Crippen molar-refractivity contribution >= 4 is 27.5 Å². The van der Waals surface area contributed by atoms with Crippen molar-refractivity contribution in [2.75, 3.05) is 26.2 Å². The molecule has 0 radical (unpaired) electrons. The third kappa shape index (κ3) is 3.99. The third-order valence-corrected chi connectivity index (χ3v) is 5.60. The van der Waals surface area contributed by atoms with Crippen LogP contribution in [0, 0.1) is 0 Å². The van der Waals surface area contributed by atoms with Gasteiger partial charge in [0, 0.05) is 41.2 Å². The first-order chi connectivity index (χ1) is 10.1. The average molecular weight is 373 g/mol. The van der Waals surface area contributed by atoms with Gasteiger partial charge in [-0.1, -0.05) is 27.5 Å². The summed E-state index contributed by atoms with van der Waals surface area (Å²) in [6, 6.07) is 7.22. The number of halogens is 2. The van der Waals surface area contributed by atoms with Crippen molar-refractivity contribution in [1.29, 1.82) is 0 Å². The van der Waals surface area contributed by atoms with E-state index in [0.29, 0.717) is 12.1 Å². The Labute approximate surface area is 140 Å². The second-order valence-electron chi connectivity index (χ2n) is 6.29. The van der Waals surface area contributed by atoms with E-state index in [9.17, 15) is 0 Å². The molecule has 3 nitrogen and oxygen atoms in total. The van der Waals surface area contributed by atoms with E-state index in [0.717, 1.165) is 55.1 Å². The van der Waals surface area contributed by atoms with Crippen molar-refractivity contribution in [3.05, 3.63) is 33.3 Å². The molecule has 116 valence electrons. The van der Waals surface area contributed by atoms with Gasteiger partial charge in [-0.3, -0.25) is 9.80 Å². The highest BCUT2D eigenvalue weighted by Crippen LogP contribution is 2.26. The second kappa shape index (κ2) is 6.97. The molecular formula is C16H23BrClN3. The Morgan fingerprint density at radius 3 is 2.71 bits per heavy atom. The molecule has 0 bridgehead atoms. The van der Waals surface area contributed by atoms with Crippen LogP contribution in [0.5, 0.6) is 0 Å². The number of piperidine rings is 1. The molecule has 3 rings (SSSR count). The van der Waals surface area contributed by atoms with Crippen LogP contribution in [0.3, 0.4) is 0 Å². The molecule has 1 atom stereocenters. The zero-order valence-electron chi connectivity index (χ0n) is 12.3. The minimum atomic E-state index is 0.416. The van der Waals surface area contributed by atoms with Crippen molar-refractivity contribution in [3.8, 4) is 0 Å². The number of benzene rings is 1. The fourth-order valence-electron chi connectivity index (χ4n) is 3.44. The van der Waals surface area contributed by atoms with E-state index in [1.54, 1.807) is 0 Å². The topological polar surface area (TPSA) is 32.5 Å². The normalized spacial score (nSPS) is 25.6. The van der Waals surface area contributed by atoms with Crippen molar-refractivity contribution in [2.45, 2.75) is 37.9 Å². The Kier molecular flexibility index (Phi) is 5.23. The maximum Gasteiger partial charge on any atom is 0.0451 e. The summed E-state index contributed by atoms with van der Waals surface area (Å²) in [4.78, 5) is 5.15. The molecule has 0 saturated carbocycles. The zero-order valence-corrected chi connectivity index (χ0v) is 14.6. The lowest BCUT2D eigenvalue weighted by molar-refractivity contribution is 0.151. The average Bonchev–Trinajstić information content (AvgIpc) is 2.92. The Bertz CT molecular complexity index is 488. The number of nitrogens with zero attached hydrogens (tertiary/aromatic N) is 2. The van der Waals surface area contributed by atoms with E-state index in [4.69, 9.17) is 17.3 Å². The molecule has 0 spiro atoms. The van der Waals surface area contributed by atoms with E-state index >= 15 is 0 Å². The minimum absolute atomic E-state index is 0.416. The van der Waals surface area contributed by atoms with E-state index in [1.807, 2.05) is 12.1 Å².